The van der Waals surface area contributed by atoms with Gasteiger partial charge in [0, 0.05) is 63.1 Å². The minimum absolute atomic E-state index is 0.0750. The highest BCUT2D eigenvalue weighted by molar-refractivity contribution is 5.95. The molecule has 2 aliphatic heterocycles. The number of rotatable bonds is 6. The lowest BCUT2D eigenvalue weighted by molar-refractivity contribution is 0.0793. The lowest BCUT2D eigenvalue weighted by Crippen LogP contribution is -2.46. The van der Waals surface area contributed by atoms with Gasteiger partial charge in [-0.1, -0.05) is 0 Å². The van der Waals surface area contributed by atoms with Crippen LogP contribution in [0.3, 0.4) is 0 Å². The number of likely N-dealkylation sites (tertiary alicyclic amines) is 1. The van der Waals surface area contributed by atoms with Crippen LogP contribution in [0.2, 0.25) is 0 Å². The van der Waals surface area contributed by atoms with Crippen molar-refractivity contribution in [3.8, 4) is 0 Å². The Bertz CT molecular complexity index is 649. The molecule has 154 valence electrons. The van der Waals surface area contributed by atoms with Crippen LogP contribution in [0.15, 0.2) is 24.3 Å². The summed E-state index contributed by atoms with van der Waals surface area (Å²) in [5.41, 5.74) is 1.37. The average molecular weight is 388 g/mol. The summed E-state index contributed by atoms with van der Waals surface area (Å²) in [7, 11) is 2.15. The number of carbonyl (C=O) groups is 2. The van der Waals surface area contributed by atoms with Crippen LogP contribution in [0.1, 0.15) is 36.5 Å². The molecule has 0 bridgehead atoms. The predicted molar refractivity (Wildman–Crippen MR) is 112 cm³/mol. The molecule has 1 aromatic rings. The number of nitrogens with zero attached hydrogens (tertiary/aromatic N) is 3. The SMILES string of the molecule is C[C@@H](CCN1CCN(C)CC1)NC(=O)Nc1ccc(C(=O)N2CCCC2)cc1. The Morgan fingerprint density at radius 3 is 2.29 bits per heavy atom. The zero-order valence-electron chi connectivity index (χ0n) is 17.1. The fourth-order valence-corrected chi connectivity index (χ4v) is 3.71. The van der Waals surface area contributed by atoms with E-state index in [1.165, 1.54) is 0 Å². The van der Waals surface area contributed by atoms with Crippen molar-refractivity contribution in [3.63, 3.8) is 0 Å². The van der Waals surface area contributed by atoms with E-state index in [1.54, 1.807) is 24.3 Å². The molecule has 2 fully saturated rings. The Balaban J connectivity index is 1.39. The maximum Gasteiger partial charge on any atom is 0.319 e. The Kier molecular flexibility index (Phi) is 7.28. The van der Waals surface area contributed by atoms with Gasteiger partial charge in [0.2, 0.25) is 0 Å². The Morgan fingerprint density at radius 1 is 1.00 bits per heavy atom. The summed E-state index contributed by atoms with van der Waals surface area (Å²) >= 11 is 0. The molecule has 0 aliphatic carbocycles. The zero-order valence-corrected chi connectivity index (χ0v) is 17.1. The van der Waals surface area contributed by atoms with Gasteiger partial charge in [0.15, 0.2) is 0 Å². The molecule has 1 aromatic carbocycles. The Hall–Kier alpha value is -2.12. The molecule has 3 amide bonds. The van der Waals surface area contributed by atoms with Gasteiger partial charge >= 0.3 is 6.03 Å². The number of hydrogen-bond acceptors (Lipinski definition) is 4. The van der Waals surface area contributed by atoms with Crippen molar-refractivity contribution >= 4 is 17.6 Å². The molecular weight excluding hydrogens is 354 g/mol. The lowest BCUT2D eigenvalue weighted by Gasteiger charge is -2.32. The molecule has 0 aromatic heterocycles. The van der Waals surface area contributed by atoms with E-state index in [0.717, 1.165) is 65.1 Å². The number of anilines is 1. The number of piperazine rings is 1. The number of carbonyl (C=O) groups excluding carboxylic acids is 2. The van der Waals surface area contributed by atoms with Gasteiger partial charge in [0.05, 0.1) is 0 Å². The average Bonchev–Trinajstić information content (AvgIpc) is 3.22. The van der Waals surface area contributed by atoms with Gasteiger partial charge in [-0.25, -0.2) is 4.79 Å². The summed E-state index contributed by atoms with van der Waals surface area (Å²) in [5.74, 6) is 0.0750. The third-order valence-corrected chi connectivity index (χ3v) is 5.63. The third kappa shape index (κ3) is 5.94. The number of nitrogens with one attached hydrogen (secondary N) is 2. The largest absolute Gasteiger partial charge is 0.339 e. The van der Waals surface area contributed by atoms with Crippen molar-refractivity contribution < 1.29 is 9.59 Å². The Morgan fingerprint density at radius 2 is 1.64 bits per heavy atom. The van der Waals surface area contributed by atoms with E-state index in [4.69, 9.17) is 0 Å². The van der Waals surface area contributed by atoms with Crippen LogP contribution < -0.4 is 10.6 Å². The molecule has 7 nitrogen and oxygen atoms in total. The summed E-state index contributed by atoms with van der Waals surface area (Å²) in [6, 6.07) is 7.05. The fraction of sp³-hybridized carbons (Fsp3) is 0.619. The number of amides is 3. The maximum absolute atomic E-state index is 12.4. The fourth-order valence-electron chi connectivity index (χ4n) is 3.71. The summed E-state index contributed by atoms with van der Waals surface area (Å²) in [6.07, 6.45) is 3.09. The van der Waals surface area contributed by atoms with E-state index in [2.05, 4.69) is 27.5 Å². The molecule has 0 unspecified atom stereocenters. The first-order valence-corrected chi connectivity index (χ1v) is 10.4. The number of urea groups is 1. The summed E-state index contributed by atoms with van der Waals surface area (Å²) in [5, 5.41) is 5.85. The molecule has 2 aliphatic rings. The van der Waals surface area contributed by atoms with Crippen LogP contribution in [0.5, 0.6) is 0 Å². The van der Waals surface area contributed by atoms with Crippen molar-refractivity contribution in [1.29, 1.82) is 0 Å². The van der Waals surface area contributed by atoms with Gasteiger partial charge in [-0.05, 0) is 57.5 Å². The Labute approximate surface area is 168 Å². The van der Waals surface area contributed by atoms with Gasteiger partial charge in [-0.2, -0.15) is 0 Å². The highest BCUT2D eigenvalue weighted by Gasteiger charge is 2.19. The molecule has 2 N–H and O–H groups in total. The van der Waals surface area contributed by atoms with Crippen LogP contribution in [-0.2, 0) is 0 Å². The smallest absolute Gasteiger partial charge is 0.319 e. The van der Waals surface area contributed by atoms with Crippen LogP contribution in [0.25, 0.3) is 0 Å². The summed E-state index contributed by atoms with van der Waals surface area (Å²) in [4.78, 5) is 31.3. The van der Waals surface area contributed by atoms with Crippen LogP contribution >= 0.6 is 0 Å². The van der Waals surface area contributed by atoms with Crippen molar-refractivity contribution in [2.24, 2.45) is 0 Å². The summed E-state index contributed by atoms with van der Waals surface area (Å²) < 4.78 is 0. The quantitative estimate of drug-likeness (QED) is 0.784. The molecule has 28 heavy (non-hydrogen) atoms. The molecule has 3 rings (SSSR count). The van der Waals surface area contributed by atoms with Crippen LogP contribution in [0, 0.1) is 0 Å². The molecule has 0 saturated carbocycles. The second kappa shape index (κ2) is 9.89. The van der Waals surface area contributed by atoms with Crippen molar-refractivity contribution in [2.45, 2.75) is 32.2 Å². The van der Waals surface area contributed by atoms with Gasteiger partial charge in [0.25, 0.3) is 5.91 Å². The van der Waals surface area contributed by atoms with Gasteiger partial charge < -0.3 is 25.3 Å². The lowest BCUT2D eigenvalue weighted by atomic mass is 10.2. The molecule has 0 spiro atoms. The number of hydrogen-bond donors (Lipinski definition) is 2. The van der Waals surface area contributed by atoms with Crippen LogP contribution in [0.4, 0.5) is 10.5 Å². The van der Waals surface area contributed by atoms with Gasteiger partial charge in [-0.15, -0.1) is 0 Å². The summed E-state index contributed by atoms with van der Waals surface area (Å²) in [6.45, 7) is 9.13. The molecular formula is C21H33N5O2. The van der Waals surface area contributed by atoms with E-state index >= 15 is 0 Å². The standard InChI is InChI=1S/C21H33N5O2/c1-17(9-12-25-15-13-24(2)14-16-25)22-21(28)23-19-7-5-18(6-8-19)20(27)26-10-3-4-11-26/h5-8,17H,3-4,9-16H2,1-2H3,(H2,22,23,28)/t17-/m0/s1. The zero-order chi connectivity index (χ0) is 19.9. The second-order valence-electron chi connectivity index (χ2n) is 8.01. The molecule has 1 atom stereocenters. The molecule has 0 radical (unpaired) electrons. The minimum Gasteiger partial charge on any atom is -0.339 e. The van der Waals surface area contributed by atoms with E-state index in [-0.39, 0.29) is 18.0 Å². The maximum atomic E-state index is 12.4. The number of benzene rings is 1. The van der Waals surface area contributed by atoms with E-state index < -0.39 is 0 Å². The van der Waals surface area contributed by atoms with E-state index in [9.17, 15) is 9.59 Å². The normalized spacial score (nSPS) is 19.4. The first-order chi connectivity index (χ1) is 13.5. The van der Waals surface area contributed by atoms with Crippen molar-refractivity contribution in [1.82, 2.24) is 20.0 Å². The van der Waals surface area contributed by atoms with Gasteiger partial charge in [0.1, 0.15) is 0 Å². The monoisotopic (exact) mass is 387 g/mol. The van der Waals surface area contributed by atoms with E-state index in [1.807, 2.05) is 11.8 Å². The van der Waals surface area contributed by atoms with Crippen molar-refractivity contribution in [3.05, 3.63) is 29.8 Å². The third-order valence-electron chi connectivity index (χ3n) is 5.63. The van der Waals surface area contributed by atoms with Crippen LogP contribution in [-0.4, -0.2) is 85.5 Å². The topological polar surface area (TPSA) is 67.9 Å². The first kappa shape index (κ1) is 20.6. The molecule has 2 heterocycles. The highest BCUT2D eigenvalue weighted by atomic mass is 16.2. The predicted octanol–water partition coefficient (Wildman–Crippen LogP) is 2.07. The molecule has 2 saturated heterocycles. The highest BCUT2D eigenvalue weighted by Crippen LogP contribution is 2.15. The first-order valence-electron chi connectivity index (χ1n) is 10.4. The second-order valence-corrected chi connectivity index (χ2v) is 8.01. The van der Waals surface area contributed by atoms with E-state index in [0.29, 0.717) is 11.3 Å². The van der Waals surface area contributed by atoms with Gasteiger partial charge in [-0.3, -0.25) is 4.79 Å². The number of likely N-dealkylation sites (N-methyl/N-ethyl adjacent to an activating group) is 1. The minimum atomic E-state index is -0.204. The molecule has 7 heteroatoms. The van der Waals surface area contributed by atoms with Crippen molar-refractivity contribution in [2.75, 3.05) is 58.2 Å².